The van der Waals surface area contributed by atoms with Crippen molar-refractivity contribution in [2.45, 2.75) is 52.9 Å². The summed E-state index contributed by atoms with van der Waals surface area (Å²) >= 11 is 3.64. The van der Waals surface area contributed by atoms with Crippen molar-refractivity contribution in [1.82, 2.24) is 0 Å². The Morgan fingerprint density at radius 1 is 1.17 bits per heavy atom. The van der Waals surface area contributed by atoms with Gasteiger partial charge in [-0.1, -0.05) is 56.0 Å². The number of hydrogen-bond donors (Lipinski definition) is 0. The van der Waals surface area contributed by atoms with Crippen LogP contribution in [0.1, 0.15) is 52.9 Å². The molecule has 0 aromatic carbocycles. The molecule has 0 aromatic rings. The van der Waals surface area contributed by atoms with Crippen molar-refractivity contribution in [2.24, 2.45) is 10.8 Å². The fraction of sp³-hybridized carbons (Fsp3) is 1.00. The van der Waals surface area contributed by atoms with E-state index in [1.165, 1.54) is 32.1 Å². The second-order valence-electron chi connectivity index (χ2n) is 5.14. The lowest BCUT2D eigenvalue weighted by atomic mass is 9.61. The van der Waals surface area contributed by atoms with Gasteiger partial charge in [0.15, 0.2) is 0 Å². The maximum atomic E-state index is 3.64. The molecule has 0 heterocycles. The van der Waals surface area contributed by atoms with Gasteiger partial charge in [0.05, 0.1) is 0 Å². The van der Waals surface area contributed by atoms with Crippen molar-refractivity contribution in [3.8, 4) is 0 Å². The van der Waals surface area contributed by atoms with Crippen LogP contribution in [0.2, 0.25) is 0 Å². The molecule has 1 fully saturated rings. The number of halogens is 1. The van der Waals surface area contributed by atoms with E-state index in [2.05, 4.69) is 36.7 Å². The Kier molecular flexibility index (Phi) is 3.25. The van der Waals surface area contributed by atoms with Crippen molar-refractivity contribution in [1.29, 1.82) is 0 Å². The molecule has 0 N–H and O–H groups in total. The quantitative estimate of drug-likeness (QED) is 0.621. The van der Waals surface area contributed by atoms with Gasteiger partial charge < -0.3 is 0 Å². The van der Waals surface area contributed by atoms with Gasteiger partial charge in [-0.15, -0.1) is 0 Å². The minimum Gasteiger partial charge on any atom is -0.0922 e. The van der Waals surface area contributed by atoms with Gasteiger partial charge in [0, 0.05) is 5.33 Å². The zero-order chi connectivity index (χ0) is 9.24. The molecular formula is C11H21Br. The van der Waals surface area contributed by atoms with E-state index in [-0.39, 0.29) is 0 Å². The lowest BCUT2D eigenvalue weighted by molar-refractivity contribution is 0.0652. The van der Waals surface area contributed by atoms with E-state index in [1.807, 2.05) is 0 Å². The predicted octanol–water partition coefficient (Wildman–Crippen LogP) is 4.38. The van der Waals surface area contributed by atoms with E-state index in [0.717, 1.165) is 5.33 Å². The van der Waals surface area contributed by atoms with E-state index in [9.17, 15) is 0 Å². The fourth-order valence-corrected chi connectivity index (χ4v) is 2.85. The molecule has 72 valence electrons. The van der Waals surface area contributed by atoms with Gasteiger partial charge >= 0.3 is 0 Å². The van der Waals surface area contributed by atoms with Crippen LogP contribution in [0, 0.1) is 10.8 Å². The van der Waals surface area contributed by atoms with Crippen LogP contribution in [-0.4, -0.2) is 5.33 Å². The Morgan fingerprint density at radius 2 is 1.67 bits per heavy atom. The first-order valence-corrected chi connectivity index (χ1v) is 6.20. The summed E-state index contributed by atoms with van der Waals surface area (Å²) in [7, 11) is 0. The zero-order valence-corrected chi connectivity index (χ0v) is 10.2. The number of hydrogen-bond acceptors (Lipinski definition) is 0. The molecular weight excluding hydrogens is 212 g/mol. The zero-order valence-electron chi connectivity index (χ0n) is 8.62. The Labute approximate surface area is 85.3 Å². The number of alkyl halides is 1. The first-order valence-electron chi connectivity index (χ1n) is 5.08. The topological polar surface area (TPSA) is 0 Å². The molecule has 1 heteroatoms. The van der Waals surface area contributed by atoms with E-state index in [0.29, 0.717) is 10.8 Å². The maximum absolute atomic E-state index is 3.64. The first kappa shape index (κ1) is 10.6. The minimum absolute atomic E-state index is 0.466. The molecule has 1 saturated carbocycles. The predicted molar refractivity (Wildman–Crippen MR) is 58.8 cm³/mol. The summed E-state index contributed by atoms with van der Waals surface area (Å²) in [5, 5.41) is 1.14. The van der Waals surface area contributed by atoms with Gasteiger partial charge in [-0.2, -0.15) is 0 Å². The first-order chi connectivity index (χ1) is 5.52. The van der Waals surface area contributed by atoms with Crippen LogP contribution < -0.4 is 0 Å². The molecule has 1 aliphatic rings. The smallest absolute Gasteiger partial charge is 0.00878 e. The fourth-order valence-electron chi connectivity index (χ4n) is 2.17. The standard InChI is InChI=1S/C11H21Br/c1-10(2,9-12)11(3)7-5-4-6-8-11/h4-9H2,1-3H3. The van der Waals surface area contributed by atoms with Gasteiger partial charge in [0.1, 0.15) is 0 Å². The summed E-state index contributed by atoms with van der Waals surface area (Å²) in [6, 6.07) is 0. The Balaban J connectivity index is 2.68. The van der Waals surface area contributed by atoms with Crippen LogP contribution in [0.4, 0.5) is 0 Å². The summed E-state index contributed by atoms with van der Waals surface area (Å²) < 4.78 is 0. The molecule has 0 saturated heterocycles. The lowest BCUT2D eigenvalue weighted by Gasteiger charge is -2.46. The van der Waals surface area contributed by atoms with Crippen molar-refractivity contribution in [2.75, 3.05) is 5.33 Å². The molecule has 0 aliphatic heterocycles. The van der Waals surface area contributed by atoms with E-state index in [4.69, 9.17) is 0 Å². The SMILES string of the molecule is CC(C)(CBr)C1(C)CCCCC1. The van der Waals surface area contributed by atoms with Crippen LogP contribution in [-0.2, 0) is 0 Å². The van der Waals surface area contributed by atoms with Crippen LogP contribution in [0.5, 0.6) is 0 Å². The van der Waals surface area contributed by atoms with E-state index >= 15 is 0 Å². The summed E-state index contributed by atoms with van der Waals surface area (Å²) in [5.41, 5.74) is 1.04. The molecule has 0 unspecified atom stereocenters. The number of rotatable bonds is 2. The largest absolute Gasteiger partial charge is 0.0922 e. The van der Waals surface area contributed by atoms with Gasteiger partial charge in [0.2, 0.25) is 0 Å². The van der Waals surface area contributed by atoms with E-state index in [1.54, 1.807) is 0 Å². The van der Waals surface area contributed by atoms with Crippen molar-refractivity contribution in [3.63, 3.8) is 0 Å². The summed E-state index contributed by atoms with van der Waals surface area (Å²) in [6.45, 7) is 7.26. The Morgan fingerprint density at radius 3 is 2.08 bits per heavy atom. The maximum Gasteiger partial charge on any atom is 0.00878 e. The summed E-state index contributed by atoms with van der Waals surface area (Å²) in [6.07, 6.45) is 7.17. The van der Waals surface area contributed by atoms with Crippen LogP contribution in [0.25, 0.3) is 0 Å². The molecule has 0 atom stereocenters. The third-order valence-corrected chi connectivity index (χ3v) is 5.33. The van der Waals surface area contributed by atoms with Gasteiger partial charge in [0.25, 0.3) is 0 Å². The van der Waals surface area contributed by atoms with Crippen molar-refractivity contribution < 1.29 is 0 Å². The van der Waals surface area contributed by atoms with Crippen molar-refractivity contribution in [3.05, 3.63) is 0 Å². The second-order valence-corrected chi connectivity index (χ2v) is 5.70. The van der Waals surface area contributed by atoms with Gasteiger partial charge in [-0.3, -0.25) is 0 Å². The minimum atomic E-state index is 0.466. The van der Waals surface area contributed by atoms with Crippen LogP contribution >= 0.6 is 15.9 Å². The van der Waals surface area contributed by atoms with E-state index < -0.39 is 0 Å². The Bertz CT molecular complexity index is 143. The highest BCUT2D eigenvalue weighted by Crippen LogP contribution is 2.49. The molecule has 0 spiro atoms. The van der Waals surface area contributed by atoms with Crippen molar-refractivity contribution >= 4 is 15.9 Å². The molecule has 0 nitrogen and oxygen atoms in total. The van der Waals surface area contributed by atoms with Crippen LogP contribution in [0.15, 0.2) is 0 Å². The summed E-state index contributed by atoms with van der Waals surface area (Å²) in [5.74, 6) is 0. The van der Waals surface area contributed by atoms with Gasteiger partial charge in [-0.05, 0) is 23.7 Å². The lowest BCUT2D eigenvalue weighted by Crippen LogP contribution is -2.38. The highest BCUT2D eigenvalue weighted by molar-refractivity contribution is 9.09. The highest BCUT2D eigenvalue weighted by atomic mass is 79.9. The Hall–Kier alpha value is 0.480. The molecule has 1 rings (SSSR count). The normalized spacial score (nSPS) is 24.0. The second kappa shape index (κ2) is 3.69. The third kappa shape index (κ3) is 1.86. The van der Waals surface area contributed by atoms with Gasteiger partial charge in [-0.25, -0.2) is 0 Å². The molecule has 0 radical (unpaired) electrons. The molecule has 0 aromatic heterocycles. The summed E-state index contributed by atoms with van der Waals surface area (Å²) in [4.78, 5) is 0. The molecule has 0 amide bonds. The monoisotopic (exact) mass is 232 g/mol. The van der Waals surface area contributed by atoms with Crippen LogP contribution in [0.3, 0.4) is 0 Å². The average molecular weight is 233 g/mol. The average Bonchev–Trinajstić information content (AvgIpc) is 2.06. The molecule has 0 bridgehead atoms. The molecule has 12 heavy (non-hydrogen) atoms. The highest BCUT2D eigenvalue weighted by Gasteiger charge is 2.40. The molecule has 1 aliphatic carbocycles. The third-order valence-electron chi connectivity index (χ3n) is 3.93.